The third-order valence-electron chi connectivity index (χ3n) is 2.77. The fourth-order valence-electron chi connectivity index (χ4n) is 1.81. The summed E-state index contributed by atoms with van der Waals surface area (Å²) in [7, 11) is 0. The molecule has 5 nitrogen and oxygen atoms in total. The van der Waals surface area contributed by atoms with Gasteiger partial charge in [0.1, 0.15) is 12.9 Å². The second-order valence-electron chi connectivity index (χ2n) is 3.79. The molecular weight excluding hydrogens is 192 g/mol. The highest BCUT2D eigenvalue weighted by Crippen LogP contribution is 2.09. The molecule has 0 spiro atoms. The number of aryl methyl sites for hydroxylation is 1. The van der Waals surface area contributed by atoms with E-state index in [9.17, 15) is 0 Å². The Kier molecular flexibility index (Phi) is 3.69. The fraction of sp³-hybridized carbons (Fsp3) is 0.800. The van der Waals surface area contributed by atoms with E-state index in [2.05, 4.69) is 22.4 Å². The maximum atomic E-state index is 5.81. The van der Waals surface area contributed by atoms with Gasteiger partial charge in [-0.1, -0.05) is 0 Å². The van der Waals surface area contributed by atoms with Gasteiger partial charge in [0.15, 0.2) is 5.82 Å². The van der Waals surface area contributed by atoms with Crippen LogP contribution in [-0.2, 0) is 17.9 Å². The van der Waals surface area contributed by atoms with Crippen molar-refractivity contribution >= 4 is 0 Å². The van der Waals surface area contributed by atoms with Crippen molar-refractivity contribution in [2.24, 2.45) is 0 Å². The molecule has 0 saturated carbocycles. The average molecular weight is 210 g/mol. The van der Waals surface area contributed by atoms with Crippen LogP contribution in [0.3, 0.4) is 0 Å². The lowest BCUT2D eigenvalue weighted by Crippen LogP contribution is -2.32. The Morgan fingerprint density at radius 2 is 2.33 bits per heavy atom. The summed E-state index contributed by atoms with van der Waals surface area (Å²) in [6, 6.07) is 0. The Morgan fingerprint density at radius 1 is 1.53 bits per heavy atom. The number of nitrogens with one attached hydrogen (secondary N) is 1. The van der Waals surface area contributed by atoms with E-state index in [1.165, 1.54) is 0 Å². The van der Waals surface area contributed by atoms with E-state index in [4.69, 9.17) is 4.74 Å². The first-order chi connectivity index (χ1) is 7.40. The van der Waals surface area contributed by atoms with Crippen molar-refractivity contribution < 1.29 is 4.74 Å². The number of hydrogen-bond donors (Lipinski definition) is 1. The quantitative estimate of drug-likeness (QED) is 0.789. The van der Waals surface area contributed by atoms with Crippen LogP contribution in [0.1, 0.15) is 25.6 Å². The van der Waals surface area contributed by atoms with Crippen LogP contribution in [0.2, 0.25) is 0 Å². The molecule has 2 heterocycles. The summed E-state index contributed by atoms with van der Waals surface area (Å²) in [6.07, 6.45) is 4.33. The third kappa shape index (κ3) is 2.76. The molecule has 0 aliphatic carbocycles. The second kappa shape index (κ2) is 5.23. The molecule has 2 rings (SSSR count). The van der Waals surface area contributed by atoms with Gasteiger partial charge in [-0.3, -0.25) is 0 Å². The van der Waals surface area contributed by atoms with Crippen LogP contribution in [0.15, 0.2) is 6.33 Å². The zero-order chi connectivity index (χ0) is 10.5. The standard InChI is InChI=1S/C10H18N4O/c1-2-14-8-12-13-10(14)7-15-9-3-5-11-6-4-9/h8-9,11H,2-7H2,1H3. The molecule has 1 fully saturated rings. The number of rotatable bonds is 4. The van der Waals surface area contributed by atoms with Crippen LogP contribution in [0.4, 0.5) is 0 Å². The van der Waals surface area contributed by atoms with Gasteiger partial charge in [0, 0.05) is 6.54 Å². The van der Waals surface area contributed by atoms with Gasteiger partial charge in [0.05, 0.1) is 6.10 Å². The average Bonchev–Trinajstić information content (AvgIpc) is 2.75. The summed E-state index contributed by atoms with van der Waals surface area (Å²) >= 11 is 0. The lowest BCUT2D eigenvalue weighted by Gasteiger charge is -2.22. The molecule has 1 aliphatic rings. The minimum atomic E-state index is 0.383. The predicted octanol–water partition coefficient (Wildman–Crippen LogP) is 0.567. The van der Waals surface area contributed by atoms with Crippen LogP contribution < -0.4 is 5.32 Å². The predicted molar refractivity (Wildman–Crippen MR) is 56.4 cm³/mol. The van der Waals surface area contributed by atoms with Gasteiger partial charge in [0.25, 0.3) is 0 Å². The molecule has 0 bridgehead atoms. The van der Waals surface area contributed by atoms with Gasteiger partial charge < -0.3 is 14.6 Å². The maximum absolute atomic E-state index is 5.81. The Bertz CT molecular complexity index is 293. The molecule has 15 heavy (non-hydrogen) atoms. The van der Waals surface area contributed by atoms with E-state index >= 15 is 0 Å². The first-order valence-electron chi connectivity index (χ1n) is 5.59. The van der Waals surface area contributed by atoms with Crippen molar-refractivity contribution in [1.29, 1.82) is 0 Å². The van der Waals surface area contributed by atoms with Crippen LogP contribution in [0.25, 0.3) is 0 Å². The van der Waals surface area contributed by atoms with E-state index < -0.39 is 0 Å². The Balaban J connectivity index is 1.81. The van der Waals surface area contributed by atoms with Crippen molar-refractivity contribution in [3.8, 4) is 0 Å². The smallest absolute Gasteiger partial charge is 0.158 e. The Hall–Kier alpha value is -0.940. The molecule has 0 unspecified atom stereocenters. The summed E-state index contributed by atoms with van der Waals surface area (Å²) in [4.78, 5) is 0. The van der Waals surface area contributed by atoms with E-state index in [0.717, 1.165) is 38.3 Å². The largest absolute Gasteiger partial charge is 0.370 e. The molecule has 1 aromatic heterocycles. The van der Waals surface area contributed by atoms with E-state index in [0.29, 0.717) is 12.7 Å². The molecule has 5 heteroatoms. The minimum Gasteiger partial charge on any atom is -0.370 e. The summed E-state index contributed by atoms with van der Waals surface area (Å²) < 4.78 is 7.82. The lowest BCUT2D eigenvalue weighted by atomic mass is 10.1. The highest BCUT2D eigenvalue weighted by atomic mass is 16.5. The van der Waals surface area contributed by atoms with Gasteiger partial charge in [-0.15, -0.1) is 10.2 Å². The molecule has 0 atom stereocenters. The highest BCUT2D eigenvalue weighted by Gasteiger charge is 2.14. The summed E-state index contributed by atoms with van der Waals surface area (Å²) in [6.45, 7) is 5.68. The first-order valence-corrected chi connectivity index (χ1v) is 5.59. The molecule has 0 radical (unpaired) electrons. The van der Waals surface area contributed by atoms with E-state index in [1.807, 2.05) is 4.57 Å². The van der Waals surface area contributed by atoms with Gasteiger partial charge in [0.2, 0.25) is 0 Å². The van der Waals surface area contributed by atoms with Gasteiger partial charge >= 0.3 is 0 Å². The van der Waals surface area contributed by atoms with Gasteiger partial charge in [-0.2, -0.15) is 0 Å². The summed E-state index contributed by atoms with van der Waals surface area (Å²) in [5.41, 5.74) is 0. The second-order valence-corrected chi connectivity index (χ2v) is 3.79. The van der Waals surface area contributed by atoms with Crippen molar-refractivity contribution in [3.05, 3.63) is 12.2 Å². The highest BCUT2D eigenvalue weighted by molar-refractivity contribution is 4.83. The molecule has 0 aromatic carbocycles. The fourth-order valence-corrected chi connectivity index (χ4v) is 1.81. The molecule has 1 aliphatic heterocycles. The number of nitrogens with zero attached hydrogens (tertiary/aromatic N) is 3. The van der Waals surface area contributed by atoms with Crippen LogP contribution in [0.5, 0.6) is 0 Å². The molecule has 0 amide bonds. The number of hydrogen-bond acceptors (Lipinski definition) is 4. The number of aromatic nitrogens is 3. The van der Waals surface area contributed by atoms with Crippen LogP contribution in [0, 0.1) is 0 Å². The van der Waals surface area contributed by atoms with E-state index in [1.54, 1.807) is 6.33 Å². The molecule has 1 N–H and O–H groups in total. The van der Waals surface area contributed by atoms with Gasteiger partial charge in [-0.25, -0.2) is 0 Å². The normalized spacial score (nSPS) is 18.2. The first kappa shape index (κ1) is 10.6. The molecule has 1 aromatic rings. The van der Waals surface area contributed by atoms with Crippen molar-refractivity contribution in [2.75, 3.05) is 13.1 Å². The zero-order valence-corrected chi connectivity index (χ0v) is 9.15. The third-order valence-corrected chi connectivity index (χ3v) is 2.77. The molecule has 84 valence electrons. The summed E-state index contributed by atoms with van der Waals surface area (Å²) in [5, 5.41) is 11.2. The van der Waals surface area contributed by atoms with E-state index in [-0.39, 0.29) is 0 Å². The van der Waals surface area contributed by atoms with Gasteiger partial charge in [-0.05, 0) is 32.9 Å². The molecule has 1 saturated heterocycles. The SMILES string of the molecule is CCn1cnnc1COC1CCNCC1. The Labute approximate surface area is 89.8 Å². The van der Waals surface area contributed by atoms with Crippen molar-refractivity contribution in [1.82, 2.24) is 20.1 Å². The van der Waals surface area contributed by atoms with Crippen LogP contribution >= 0.6 is 0 Å². The monoisotopic (exact) mass is 210 g/mol. The molecular formula is C10H18N4O. The zero-order valence-electron chi connectivity index (χ0n) is 9.15. The Morgan fingerprint density at radius 3 is 3.07 bits per heavy atom. The van der Waals surface area contributed by atoms with Crippen LogP contribution in [-0.4, -0.2) is 34.0 Å². The lowest BCUT2D eigenvalue weighted by molar-refractivity contribution is 0.0164. The van der Waals surface area contributed by atoms with Crippen molar-refractivity contribution in [2.45, 2.75) is 39.0 Å². The minimum absolute atomic E-state index is 0.383. The van der Waals surface area contributed by atoms with Crippen molar-refractivity contribution in [3.63, 3.8) is 0 Å². The maximum Gasteiger partial charge on any atom is 0.158 e. The number of piperidine rings is 1. The topological polar surface area (TPSA) is 52.0 Å². The number of ether oxygens (including phenoxy) is 1. The summed E-state index contributed by atoms with van der Waals surface area (Å²) in [5.74, 6) is 0.927.